The summed E-state index contributed by atoms with van der Waals surface area (Å²) in [5, 5.41) is 0. The van der Waals surface area contributed by atoms with Crippen LogP contribution in [0.1, 0.15) is 10.4 Å². The van der Waals surface area contributed by atoms with Gasteiger partial charge < -0.3 is 4.84 Å². The van der Waals surface area contributed by atoms with Gasteiger partial charge >= 0.3 is 5.97 Å². The normalized spacial score (nSPS) is 9.18. The van der Waals surface area contributed by atoms with E-state index < -0.39 is 5.97 Å². The van der Waals surface area contributed by atoms with Crippen LogP contribution in [0, 0.1) is 0 Å². The molecule has 0 atom stereocenters. The number of hydrogen-bond donors (Lipinski definition) is 2. The van der Waals surface area contributed by atoms with E-state index in [4.69, 9.17) is 5.84 Å². The number of hydrazine groups is 1. The highest BCUT2D eigenvalue weighted by molar-refractivity contribution is 5.88. The van der Waals surface area contributed by atoms with Crippen LogP contribution in [0.3, 0.4) is 0 Å². The van der Waals surface area contributed by atoms with E-state index in [2.05, 4.69) is 9.82 Å². The Labute approximate surface area is 63.1 Å². The van der Waals surface area contributed by atoms with Gasteiger partial charge in [0, 0.05) is 12.4 Å². The number of aromatic nitrogens is 1. The molecule has 0 unspecified atom stereocenters. The maximum atomic E-state index is 10.8. The van der Waals surface area contributed by atoms with E-state index in [1.54, 1.807) is 23.9 Å². The molecule has 0 aromatic carbocycles. The minimum Gasteiger partial charge on any atom is -0.351 e. The molecule has 0 aliphatic carbocycles. The zero-order valence-corrected chi connectivity index (χ0v) is 5.65. The van der Waals surface area contributed by atoms with Gasteiger partial charge in [-0.25, -0.2) is 10.6 Å². The number of nitrogens with zero attached hydrogens (tertiary/aromatic N) is 1. The fourth-order valence-corrected chi connectivity index (χ4v) is 0.596. The van der Waals surface area contributed by atoms with Crippen LogP contribution in [0.15, 0.2) is 24.5 Å². The first-order valence-electron chi connectivity index (χ1n) is 2.91. The Balaban J connectivity index is 2.69. The summed E-state index contributed by atoms with van der Waals surface area (Å²) in [5.41, 5.74) is 2.14. The number of carbonyl (C=O) groups is 1. The van der Waals surface area contributed by atoms with Crippen molar-refractivity contribution in [2.75, 3.05) is 0 Å². The standard InChI is InChI=1S/C6H7N3O2/c7-9-11-6(10)5-2-1-3-8-4-5/h1-4,9H,7H2. The lowest BCUT2D eigenvalue weighted by atomic mass is 10.3. The maximum absolute atomic E-state index is 10.8. The fraction of sp³-hybridized carbons (Fsp3) is 0. The highest BCUT2D eigenvalue weighted by atomic mass is 16.7. The van der Waals surface area contributed by atoms with Gasteiger partial charge in [-0.05, 0) is 12.1 Å². The molecule has 0 aliphatic heterocycles. The summed E-state index contributed by atoms with van der Waals surface area (Å²) >= 11 is 0. The smallest absolute Gasteiger partial charge is 0.351 e. The van der Waals surface area contributed by atoms with Gasteiger partial charge in [0.05, 0.1) is 5.56 Å². The van der Waals surface area contributed by atoms with Crippen LogP contribution >= 0.6 is 0 Å². The second-order valence-corrected chi connectivity index (χ2v) is 1.75. The third kappa shape index (κ3) is 1.99. The van der Waals surface area contributed by atoms with Crippen molar-refractivity contribution in [1.82, 2.24) is 10.6 Å². The van der Waals surface area contributed by atoms with Crippen LogP contribution in [-0.2, 0) is 4.84 Å². The molecule has 1 aromatic rings. The molecule has 0 bridgehead atoms. The van der Waals surface area contributed by atoms with Crippen LogP contribution in [-0.4, -0.2) is 11.0 Å². The minimum absolute atomic E-state index is 0.352. The molecule has 58 valence electrons. The van der Waals surface area contributed by atoms with E-state index in [-0.39, 0.29) is 0 Å². The average Bonchev–Trinajstić information content (AvgIpc) is 2.07. The van der Waals surface area contributed by atoms with Gasteiger partial charge in [0.15, 0.2) is 0 Å². The molecule has 0 saturated heterocycles. The number of rotatable bonds is 2. The van der Waals surface area contributed by atoms with Gasteiger partial charge in [0.2, 0.25) is 0 Å². The van der Waals surface area contributed by atoms with Crippen LogP contribution < -0.4 is 11.4 Å². The summed E-state index contributed by atoms with van der Waals surface area (Å²) in [6.45, 7) is 0. The van der Waals surface area contributed by atoms with E-state index in [0.29, 0.717) is 5.56 Å². The Bertz CT molecular complexity index is 237. The van der Waals surface area contributed by atoms with Crippen molar-refractivity contribution in [3.63, 3.8) is 0 Å². The van der Waals surface area contributed by atoms with Crippen molar-refractivity contribution in [1.29, 1.82) is 0 Å². The van der Waals surface area contributed by atoms with Gasteiger partial charge in [0.25, 0.3) is 0 Å². The first-order chi connectivity index (χ1) is 5.34. The molecule has 0 aliphatic rings. The number of nitrogens with one attached hydrogen (secondary N) is 1. The molecular formula is C6H7N3O2. The van der Waals surface area contributed by atoms with Gasteiger partial charge in [-0.2, -0.15) is 0 Å². The summed E-state index contributed by atoms with van der Waals surface area (Å²) in [5.74, 6) is 4.20. The Hall–Kier alpha value is -1.46. The molecule has 0 spiro atoms. The summed E-state index contributed by atoms with van der Waals surface area (Å²) in [4.78, 5) is 18.8. The number of nitrogens with two attached hydrogens (primary N) is 1. The highest BCUT2D eigenvalue weighted by Gasteiger charge is 2.04. The Morgan fingerprint density at radius 3 is 3.09 bits per heavy atom. The molecule has 0 saturated carbocycles. The zero-order valence-electron chi connectivity index (χ0n) is 5.65. The lowest BCUT2D eigenvalue weighted by Crippen LogP contribution is -2.26. The van der Waals surface area contributed by atoms with Crippen molar-refractivity contribution in [2.24, 2.45) is 5.84 Å². The Morgan fingerprint density at radius 2 is 2.55 bits per heavy atom. The van der Waals surface area contributed by atoms with Crippen molar-refractivity contribution in [3.05, 3.63) is 30.1 Å². The Morgan fingerprint density at radius 1 is 1.73 bits per heavy atom. The highest BCUT2D eigenvalue weighted by Crippen LogP contribution is 1.95. The minimum atomic E-state index is -0.555. The number of hydrogen-bond acceptors (Lipinski definition) is 5. The van der Waals surface area contributed by atoms with E-state index in [0.717, 1.165) is 0 Å². The summed E-state index contributed by atoms with van der Waals surface area (Å²) in [6.07, 6.45) is 2.95. The quantitative estimate of drug-likeness (QED) is 0.447. The molecule has 0 fully saturated rings. The number of carbonyl (C=O) groups excluding carboxylic acids is 1. The van der Waals surface area contributed by atoms with Gasteiger partial charge in [-0.1, -0.05) is 5.59 Å². The molecular weight excluding hydrogens is 146 g/mol. The average molecular weight is 153 g/mol. The van der Waals surface area contributed by atoms with Crippen LogP contribution in [0.2, 0.25) is 0 Å². The predicted molar refractivity (Wildman–Crippen MR) is 37.0 cm³/mol. The van der Waals surface area contributed by atoms with E-state index in [1.165, 1.54) is 6.20 Å². The largest absolute Gasteiger partial charge is 0.359 e. The lowest BCUT2D eigenvalue weighted by Gasteiger charge is -1.98. The summed E-state index contributed by atoms with van der Waals surface area (Å²) in [7, 11) is 0. The first-order valence-corrected chi connectivity index (χ1v) is 2.91. The second-order valence-electron chi connectivity index (χ2n) is 1.75. The molecule has 5 heteroatoms. The SMILES string of the molecule is NNOC(=O)c1cccnc1. The second kappa shape index (κ2) is 3.65. The van der Waals surface area contributed by atoms with Crippen molar-refractivity contribution in [3.8, 4) is 0 Å². The molecule has 0 radical (unpaired) electrons. The van der Waals surface area contributed by atoms with Gasteiger partial charge in [-0.15, -0.1) is 0 Å². The predicted octanol–water partition coefficient (Wildman–Crippen LogP) is -0.383. The van der Waals surface area contributed by atoms with Gasteiger partial charge in [-0.3, -0.25) is 4.98 Å². The molecule has 1 aromatic heterocycles. The van der Waals surface area contributed by atoms with Crippen molar-refractivity contribution in [2.45, 2.75) is 0 Å². The molecule has 11 heavy (non-hydrogen) atoms. The Kier molecular flexibility index (Phi) is 2.53. The van der Waals surface area contributed by atoms with E-state index in [1.807, 2.05) is 0 Å². The van der Waals surface area contributed by atoms with Crippen LogP contribution in [0.5, 0.6) is 0 Å². The maximum Gasteiger partial charge on any atom is 0.359 e. The van der Waals surface area contributed by atoms with E-state index >= 15 is 0 Å². The third-order valence-electron chi connectivity index (χ3n) is 1.05. The van der Waals surface area contributed by atoms with Gasteiger partial charge in [0.1, 0.15) is 0 Å². The topological polar surface area (TPSA) is 77.2 Å². The number of pyridine rings is 1. The summed E-state index contributed by atoms with van der Waals surface area (Å²) < 4.78 is 0. The zero-order chi connectivity index (χ0) is 8.10. The molecule has 0 amide bonds. The molecule has 1 heterocycles. The van der Waals surface area contributed by atoms with E-state index in [9.17, 15) is 4.79 Å². The van der Waals surface area contributed by atoms with Crippen molar-refractivity contribution < 1.29 is 9.63 Å². The van der Waals surface area contributed by atoms with Crippen molar-refractivity contribution >= 4 is 5.97 Å². The van der Waals surface area contributed by atoms with Crippen LogP contribution in [0.4, 0.5) is 0 Å². The molecule has 1 rings (SSSR count). The fourth-order valence-electron chi connectivity index (χ4n) is 0.596. The monoisotopic (exact) mass is 153 g/mol. The molecule has 3 N–H and O–H groups in total. The first kappa shape index (κ1) is 7.64. The molecule has 5 nitrogen and oxygen atoms in total. The van der Waals surface area contributed by atoms with Crippen LogP contribution in [0.25, 0.3) is 0 Å². The summed E-state index contributed by atoms with van der Waals surface area (Å²) in [6, 6.07) is 3.21. The third-order valence-corrected chi connectivity index (χ3v) is 1.05. The lowest BCUT2D eigenvalue weighted by molar-refractivity contribution is 0.0253.